The van der Waals surface area contributed by atoms with Gasteiger partial charge in [0, 0.05) is 43.2 Å². The van der Waals surface area contributed by atoms with Crippen LogP contribution in [0.15, 0.2) is 39.9 Å². The van der Waals surface area contributed by atoms with Crippen LogP contribution in [0.2, 0.25) is 5.02 Å². The minimum atomic E-state index is -0.0365. The summed E-state index contributed by atoms with van der Waals surface area (Å²) in [5, 5.41) is 7.63. The van der Waals surface area contributed by atoms with Crippen LogP contribution in [0.25, 0.3) is 0 Å². The second-order valence-corrected chi connectivity index (χ2v) is 9.05. The smallest absolute Gasteiger partial charge is 0.213 e. The highest BCUT2D eigenvalue weighted by atomic mass is 35.5. The van der Waals surface area contributed by atoms with E-state index in [1.54, 1.807) is 7.05 Å². The third-order valence-electron chi connectivity index (χ3n) is 5.17. The van der Waals surface area contributed by atoms with Gasteiger partial charge in [-0.25, -0.2) is 4.98 Å². The van der Waals surface area contributed by atoms with Crippen LogP contribution in [0.4, 0.5) is 0 Å². The second kappa shape index (κ2) is 9.63. The topological polar surface area (TPSA) is 65.7 Å². The number of aliphatic imine (C=N–C) groups is 1. The average Bonchev–Trinajstić information content (AvgIpc) is 3.18. The van der Waals surface area contributed by atoms with Crippen LogP contribution in [0, 0.1) is 0 Å². The first kappa shape index (κ1) is 21.7. The van der Waals surface area contributed by atoms with Gasteiger partial charge in [-0.2, -0.15) is 0 Å². The van der Waals surface area contributed by atoms with Crippen molar-refractivity contribution in [2.45, 2.75) is 58.2 Å². The number of oxazole rings is 1. The number of piperidine rings is 1. The first-order valence-electron chi connectivity index (χ1n) is 10.2. The van der Waals surface area contributed by atoms with Gasteiger partial charge in [-0.05, 0) is 30.5 Å². The Kier molecular flexibility index (Phi) is 7.19. The highest BCUT2D eigenvalue weighted by molar-refractivity contribution is 6.30. The molecule has 2 N–H and O–H groups in total. The molecule has 1 aromatic heterocycles. The molecule has 0 saturated carbocycles. The Bertz CT molecular complexity index is 801. The molecule has 0 bridgehead atoms. The SMILES string of the molecule is CN=C(NCc1ncc(C(C)(C)C)o1)NC1CCN(Cc2ccc(Cl)cc2)CC1. The van der Waals surface area contributed by atoms with Crippen molar-refractivity contribution in [2.24, 2.45) is 4.99 Å². The third kappa shape index (κ3) is 6.47. The van der Waals surface area contributed by atoms with E-state index in [0.717, 1.165) is 49.2 Å². The molecule has 1 fully saturated rings. The molecule has 7 heteroatoms. The van der Waals surface area contributed by atoms with Crippen LogP contribution in [0.1, 0.15) is 50.8 Å². The van der Waals surface area contributed by atoms with Gasteiger partial charge in [0.05, 0.1) is 12.7 Å². The molecule has 0 amide bonds. The fraction of sp³-hybridized carbons (Fsp3) is 0.545. The predicted octanol–water partition coefficient (Wildman–Crippen LogP) is 3.96. The molecule has 3 rings (SSSR count). The molecular weight excluding hydrogens is 386 g/mol. The summed E-state index contributed by atoms with van der Waals surface area (Å²) in [4.78, 5) is 11.2. The number of nitrogens with one attached hydrogen (secondary N) is 2. The van der Waals surface area contributed by atoms with Crippen molar-refractivity contribution in [3.63, 3.8) is 0 Å². The van der Waals surface area contributed by atoms with Crippen LogP contribution in [0.3, 0.4) is 0 Å². The summed E-state index contributed by atoms with van der Waals surface area (Å²) in [6.07, 6.45) is 3.98. The minimum Gasteiger partial charge on any atom is -0.443 e. The van der Waals surface area contributed by atoms with Crippen molar-refractivity contribution in [1.82, 2.24) is 20.5 Å². The van der Waals surface area contributed by atoms with Crippen LogP contribution in [-0.4, -0.2) is 42.0 Å². The van der Waals surface area contributed by atoms with Gasteiger partial charge >= 0.3 is 0 Å². The summed E-state index contributed by atoms with van der Waals surface area (Å²) in [7, 11) is 1.79. The Morgan fingerprint density at radius 3 is 2.52 bits per heavy atom. The average molecular weight is 418 g/mol. The molecule has 0 atom stereocenters. The zero-order valence-corrected chi connectivity index (χ0v) is 18.6. The monoisotopic (exact) mass is 417 g/mol. The standard InChI is InChI=1S/C22H32ClN5O/c1-22(2,3)19-13-25-20(29-19)14-26-21(24-4)27-18-9-11-28(12-10-18)15-16-5-7-17(23)8-6-16/h5-8,13,18H,9-12,14-15H2,1-4H3,(H2,24,26,27). The van der Waals surface area contributed by atoms with Crippen molar-refractivity contribution in [3.8, 4) is 0 Å². The van der Waals surface area contributed by atoms with E-state index in [9.17, 15) is 0 Å². The molecule has 0 spiro atoms. The first-order valence-corrected chi connectivity index (χ1v) is 10.6. The summed E-state index contributed by atoms with van der Waals surface area (Å²) < 4.78 is 5.84. The Balaban J connectivity index is 1.42. The molecule has 1 aromatic carbocycles. The van der Waals surface area contributed by atoms with E-state index < -0.39 is 0 Å². The molecule has 0 radical (unpaired) electrons. The van der Waals surface area contributed by atoms with E-state index in [0.29, 0.717) is 18.5 Å². The molecule has 0 unspecified atom stereocenters. The van der Waals surface area contributed by atoms with Crippen molar-refractivity contribution in [2.75, 3.05) is 20.1 Å². The van der Waals surface area contributed by atoms with E-state index >= 15 is 0 Å². The normalized spacial score (nSPS) is 16.8. The van der Waals surface area contributed by atoms with Crippen LogP contribution in [0.5, 0.6) is 0 Å². The first-order chi connectivity index (χ1) is 13.8. The van der Waals surface area contributed by atoms with Crippen molar-refractivity contribution < 1.29 is 4.42 Å². The summed E-state index contributed by atoms with van der Waals surface area (Å²) in [5.74, 6) is 2.36. The Morgan fingerprint density at radius 1 is 1.24 bits per heavy atom. The molecule has 1 aliphatic rings. The molecule has 29 heavy (non-hydrogen) atoms. The van der Waals surface area contributed by atoms with E-state index in [1.165, 1.54) is 5.56 Å². The lowest BCUT2D eigenvalue weighted by atomic mass is 9.94. The van der Waals surface area contributed by atoms with Gasteiger partial charge in [-0.15, -0.1) is 0 Å². The van der Waals surface area contributed by atoms with Crippen molar-refractivity contribution in [1.29, 1.82) is 0 Å². The number of rotatable bonds is 5. The summed E-state index contributed by atoms with van der Waals surface area (Å²) in [6.45, 7) is 9.96. The van der Waals surface area contributed by atoms with Gasteiger partial charge in [0.2, 0.25) is 5.89 Å². The van der Waals surface area contributed by atoms with Gasteiger partial charge in [-0.1, -0.05) is 44.5 Å². The summed E-state index contributed by atoms with van der Waals surface area (Å²) >= 11 is 5.97. The lowest BCUT2D eigenvalue weighted by Crippen LogP contribution is -2.48. The van der Waals surface area contributed by atoms with Crippen LogP contribution in [-0.2, 0) is 18.5 Å². The van der Waals surface area contributed by atoms with E-state index in [-0.39, 0.29) is 5.41 Å². The maximum atomic E-state index is 5.97. The number of likely N-dealkylation sites (tertiary alicyclic amines) is 1. The zero-order chi connectivity index (χ0) is 20.9. The number of hydrogen-bond donors (Lipinski definition) is 2. The number of hydrogen-bond acceptors (Lipinski definition) is 4. The Hall–Kier alpha value is -2.05. The van der Waals surface area contributed by atoms with Crippen LogP contribution < -0.4 is 10.6 Å². The molecule has 6 nitrogen and oxygen atoms in total. The number of guanidine groups is 1. The number of aromatic nitrogens is 1. The summed E-state index contributed by atoms with van der Waals surface area (Å²) in [6, 6.07) is 8.54. The lowest BCUT2D eigenvalue weighted by Gasteiger charge is -2.33. The van der Waals surface area contributed by atoms with E-state index in [2.05, 4.69) is 58.4 Å². The minimum absolute atomic E-state index is 0.0365. The Morgan fingerprint density at radius 2 is 1.93 bits per heavy atom. The van der Waals surface area contributed by atoms with E-state index in [1.807, 2.05) is 18.3 Å². The lowest BCUT2D eigenvalue weighted by molar-refractivity contribution is 0.198. The molecule has 0 aliphatic carbocycles. The maximum absolute atomic E-state index is 5.97. The summed E-state index contributed by atoms with van der Waals surface area (Å²) in [5.41, 5.74) is 1.27. The Labute approximate surface area is 178 Å². The number of nitrogens with zero attached hydrogens (tertiary/aromatic N) is 3. The molecular formula is C22H32ClN5O. The fourth-order valence-corrected chi connectivity index (χ4v) is 3.50. The van der Waals surface area contributed by atoms with Gasteiger partial charge in [-0.3, -0.25) is 9.89 Å². The quantitative estimate of drug-likeness (QED) is 0.569. The molecule has 1 aliphatic heterocycles. The highest BCUT2D eigenvalue weighted by Crippen LogP contribution is 2.22. The predicted molar refractivity (Wildman–Crippen MR) is 118 cm³/mol. The largest absolute Gasteiger partial charge is 0.443 e. The van der Waals surface area contributed by atoms with Gasteiger partial charge in [0.15, 0.2) is 5.96 Å². The van der Waals surface area contributed by atoms with Crippen molar-refractivity contribution >= 4 is 17.6 Å². The highest BCUT2D eigenvalue weighted by Gasteiger charge is 2.21. The number of halogens is 1. The van der Waals surface area contributed by atoms with Crippen molar-refractivity contribution in [3.05, 3.63) is 52.7 Å². The molecule has 2 heterocycles. The third-order valence-corrected chi connectivity index (χ3v) is 5.42. The molecule has 1 saturated heterocycles. The van der Waals surface area contributed by atoms with Crippen LogP contribution >= 0.6 is 11.6 Å². The fourth-order valence-electron chi connectivity index (χ4n) is 3.37. The zero-order valence-electron chi connectivity index (χ0n) is 17.8. The number of benzene rings is 1. The molecule has 2 aromatic rings. The van der Waals surface area contributed by atoms with Gasteiger partial charge in [0.25, 0.3) is 0 Å². The second-order valence-electron chi connectivity index (χ2n) is 8.62. The van der Waals surface area contributed by atoms with Gasteiger partial charge < -0.3 is 15.1 Å². The van der Waals surface area contributed by atoms with E-state index in [4.69, 9.17) is 16.0 Å². The maximum Gasteiger partial charge on any atom is 0.213 e. The molecule has 158 valence electrons. The van der Waals surface area contributed by atoms with Gasteiger partial charge in [0.1, 0.15) is 5.76 Å².